The maximum atomic E-state index is 12.9. The number of halogens is 3. The number of hydrogen-bond acceptors (Lipinski definition) is 3. The molecule has 1 heterocycles. The molecule has 0 aromatic heterocycles. The average molecular weight is 462 g/mol. The van der Waals surface area contributed by atoms with Gasteiger partial charge in [0.25, 0.3) is 0 Å². The van der Waals surface area contributed by atoms with Crippen molar-refractivity contribution in [2.75, 3.05) is 26.2 Å². The van der Waals surface area contributed by atoms with Crippen molar-refractivity contribution in [1.29, 1.82) is 0 Å². The predicted octanol–water partition coefficient (Wildman–Crippen LogP) is 4.11. The molecule has 3 rings (SSSR count). The van der Waals surface area contributed by atoms with Gasteiger partial charge in [-0.1, -0.05) is 53.0 Å². The van der Waals surface area contributed by atoms with Crippen LogP contribution in [0.1, 0.15) is 12.0 Å². The first-order valence-electron chi connectivity index (χ1n) is 8.75. The van der Waals surface area contributed by atoms with E-state index in [1.165, 1.54) is 16.4 Å². The van der Waals surface area contributed by atoms with E-state index in [-0.39, 0.29) is 33.9 Å². The van der Waals surface area contributed by atoms with Crippen LogP contribution in [0.3, 0.4) is 0 Å². The van der Waals surface area contributed by atoms with Gasteiger partial charge < -0.3 is 4.90 Å². The SMILES string of the molecule is O=C(CCc1ccc(Cl)cc1)N1CCN(S(=O)(=O)c2c(Cl)cccc2Cl)CC1. The molecule has 28 heavy (non-hydrogen) atoms. The summed E-state index contributed by atoms with van der Waals surface area (Å²) >= 11 is 18.0. The Morgan fingerprint density at radius 1 is 0.893 bits per heavy atom. The van der Waals surface area contributed by atoms with E-state index in [0.717, 1.165) is 5.56 Å². The molecule has 1 aliphatic rings. The minimum absolute atomic E-state index is 0.00257. The third-order valence-electron chi connectivity index (χ3n) is 4.65. The lowest BCUT2D eigenvalue weighted by molar-refractivity contribution is -0.132. The lowest BCUT2D eigenvalue weighted by Gasteiger charge is -2.34. The highest BCUT2D eigenvalue weighted by Crippen LogP contribution is 2.31. The van der Waals surface area contributed by atoms with E-state index >= 15 is 0 Å². The quantitative estimate of drug-likeness (QED) is 0.673. The van der Waals surface area contributed by atoms with Crippen LogP contribution in [0.2, 0.25) is 15.1 Å². The van der Waals surface area contributed by atoms with E-state index in [1.807, 2.05) is 12.1 Å². The lowest BCUT2D eigenvalue weighted by atomic mass is 10.1. The Morgan fingerprint density at radius 3 is 2.04 bits per heavy atom. The number of sulfonamides is 1. The van der Waals surface area contributed by atoms with Crippen molar-refractivity contribution >= 4 is 50.7 Å². The summed E-state index contributed by atoms with van der Waals surface area (Å²) in [5.41, 5.74) is 1.03. The molecule has 0 spiro atoms. The van der Waals surface area contributed by atoms with Crippen LogP contribution in [0.4, 0.5) is 0 Å². The molecule has 9 heteroatoms. The molecular weight excluding hydrogens is 443 g/mol. The van der Waals surface area contributed by atoms with Crippen molar-refractivity contribution in [3.8, 4) is 0 Å². The monoisotopic (exact) mass is 460 g/mol. The minimum atomic E-state index is -3.81. The van der Waals surface area contributed by atoms with Gasteiger partial charge in [0.1, 0.15) is 4.90 Å². The maximum absolute atomic E-state index is 12.9. The molecule has 2 aromatic rings. The molecule has 1 amide bonds. The Hall–Kier alpha value is -1.31. The van der Waals surface area contributed by atoms with Crippen molar-refractivity contribution in [3.63, 3.8) is 0 Å². The highest BCUT2D eigenvalue weighted by atomic mass is 35.5. The summed E-state index contributed by atoms with van der Waals surface area (Å²) in [6, 6.07) is 12.0. The van der Waals surface area contributed by atoms with Gasteiger partial charge in [0.05, 0.1) is 10.0 Å². The van der Waals surface area contributed by atoms with E-state index < -0.39 is 10.0 Å². The maximum Gasteiger partial charge on any atom is 0.246 e. The zero-order chi connectivity index (χ0) is 20.3. The van der Waals surface area contributed by atoms with E-state index in [9.17, 15) is 13.2 Å². The molecule has 0 saturated carbocycles. The van der Waals surface area contributed by atoms with Crippen molar-refractivity contribution in [1.82, 2.24) is 9.21 Å². The van der Waals surface area contributed by atoms with Crippen LogP contribution in [0.5, 0.6) is 0 Å². The summed E-state index contributed by atoms with van der Waals surface area (Å²) in [7, 11) is -3.81. The molecule has 2 aromatic carbocycles. The van der Waals surface area contributed by atoms with Gasteiger partial charge >= 0.3 is 0 Å². The largest absolute Gasteiger partial charge is 0.340 e. The topological polar surface area (TPSA) is 57.7 Å². The Morgan fingerprint density at radius 2 is 1.46 bits per heavy atom. The number of carbonyl (C=O) groups is 1. The van der Waals surface area contributed by atoms with Crippen molar-refractivity contribution in [3.05, 3.63) is 63.1 Å². The van der Waals surface area contributed by atoms with Gasteiger partial charge in [0, 0.05) is 37.6 Å². The number of rotatable bonds is 5. The Bertz CT molecular complexity index is 937. The molecule has 0 atom stereocenters. The highest BCUT2D eigenvalue weighted by Gasteiger charge is 2.32. The zero-order valence-electron chi connectivity index (χ0n) is 14.9. The average Bonchev–Trinajstić information content (AvgIpc) is 2.67. The van der Waals surface area contributed by atoms with Crippen molar-refractivity contribution in [2.24, 2.45) is 0 Å². The zero-order valence-corrected chi connectivity index (χ0v) is 18.0. The van der Waals surface area contributed by atoms with Gasteiger partial charge in [-0.25, -0.2) is 8.42 Å². The fourth-order valence-electron chi connectivity index (χ4n) is 3.10. The van der Waals surface area contributed by atoms with Gasteiger partial charge in [-0.05, 0) is 36.2 Å². The van der Waals surface area contributed by atoms with E-state index in [4.69, 9.17) is 34.8 Å². The Labute approximate surface area is 179 Å². The van der Waals surface area contributed by atoms with Crippen LogP contribution in [0, 0.1) is 0 Å². The molecule has 0 aliphatic carbocycles. The predicted molar refractivity (Wildman–Crippen MR) is 112 cm³/mol. The molecule has 0 N–H and O–H groups in total. The third kappa shape index (κ3) is 4.81. The smallest absolute Gasteiger partial charge is 0.246 e. The second kappa shape index (κ2) is 9.01. The van der Waals surface area contributed by atoms with Crippen molar-refractivity contribution < 1.29 is 13.2 Å². The van der Waals surface area contributed by atoms with E-state index in [1.54, 1.807) is 23.1 Å². The van der Waals surface area contributed by atoms with Crippen LogP contribution < -0.4 is 0 Å². The molecule has 0 radical (unpaired) electrons. The molecule has 1 saturated heterocycles. The summed E-state index contributed by atoms with van der Waals surface area (Å²) in [4.78, 5) is 14.1. The Balaban J connectivity index is 1.59. The van der Waals surface area contributed by atoms with E-state index in [2.05, 4.69) is 0 Å². The number of aryl methyl sites for hydroxylation is 1. The summed E-state index contributed by atoms with van der Waals surface area (Å²) in [6.07, 6.45) is 0.981. The number of carbonyl (C=O) groups excluding carboxylic acids is 1. The van der Waals surface area contributed by atoms with Crippen LogP contribution in [-0.4, -0.2) is 49.7 Å². The number of piperazine rings is 1. The van der Waals surface area contributed by atoms with Crippen LogP contribution in [0.25, 0.3) is 0 Å². The third-order valence-corrected chi connectivity index (χ3v) is 7.76. The van der Waals surface area contributed by atoms with Gasteiger partial charge in [-0.15, -0.1) is 0 Å². The molecule has 5 nitrogen and oxygen atoms in total. The lowest BCUT2D eigenvalue weighted by Crippen LogP contribution is -2.50. The summed E-state index contributed by atoms with van der Waals surface area (Å²) in [5, 5.41) is 0.842. The van der Waals surface area contributed by atoms with Gasteiger partial charge in [-0.3, -0.25) is 4.79 Å². The van der Waals surface area contributed by atoms with Gasteiger partial charge in [0.15, 0.2) is 0 Å². The number of nitrogens with zero attached hydrogens (tertiary/aromatic N) is 2. The molecule has 0 bridgehead atoms. The summed E-state index contributed by atoms with van der Waals surface area (Å²) in [5.74, 6) is 0.00257. The molecular formula is C19H19Cl3N2O3S. The fraction of sp³-hybridized carbons (Fsp3) is 0.316. The molecule has 1 fully saturated rings. The second-order valence-corrected chi connectivity index (χ2v) is 9.59. The Kier molecular flexibility index (Phi) is 6.89. The van der Waals surface area contributed by atoms with Crippen LogP contribution in [-0.2, 0) is 21.2 Å². The standard InChI is InChI=1S/C19H19Cl3N2O3S/c20-15-7-4-14(5-8-15)6-9-18(25)23-10-12-24(13-11-23)28(26,27)19-16(21)2-1-3-17(19)22/h1-5,7-8H,6,9-13H2. The van der Waals surface area contributed by atoms with Crippen LogP contribution >= 0.6 is 34.8 Å². The van der Waals surface area contributed by atoms with Crippen molar-refractivity contribution in [2.45, 2.75) is 17.7 Å². The summed E-state index contributed by atoms with van der Waals surface area (Å²) < 4.78 is 27.1. The highest BCUT2D eigenvalue weighted by molar-refractivity contribution is 7.89. The normalized spacial score (nSPS) is 15.6. The first-order valence-corrected chi connectivity index (χ1v) is 11.3. The number of benzene rings is 2. The fourth-order valence-corrected chi connectivity index (χ4v) is 5.74. The summed E-state index contributed by atoms with van der Waals surface area (Å²) in [6.45, 7) is 1.08. The molecule has 0 unspecified atom stereocenters. The molecule has 1 aliphatic heterocycles. The first-order chi connectivity index (χ1) is 13.3. The minimum Gasteiger partial charge on any atom is -0.340 e. The molecule has 150 valence electrons. The number of hydrogen-bond donors (Lipinski definition) is 0. The van der Waals surface area contributed by atoms with Gasteiger partial charge in [-0.2, -0.15) is 4.31 Å². The first kappa shape index (κ1) is 21.4. The van der Waals surface area contributed by atoms with Gasteiger partial charge in [0.2, 0.25) is 15.9 Å². The number of amides is 1. The second-order valence-electron chi connectivity index (χ2n) is 6.46. The van der Waals surface area contributed by atoms with E-state index in [0.29, 0.717) is 31.0 Å². The van der Waals surface area contributed by atoms with Crippen LogP contribution in [0.15, 0.2) is 47.4 Å².